The molecule has 0 saturated heterocycles. The molecule has 0 aliphatic heterocycles. The number of hydrogen-bond donors (Lipinski definition) is 3. The van der Waals surface area contributed by atoms with Crippen LogP contribution in [0.3, 0.4) is 0 Å². The van der Waals surface area contributed by atoms with Gasteiger partial charge >= 0.3 is 0 Å². The van der Waals surface area contributed by atoms with Crippen molar-refractivity contribution in [2.24, 2.45) is 0 Å². The van der Waals surface area contributed by atoms with Crippen LogP contribution in [-0.2, 0) is 0 Å². The van der Waals surface area contributed by atoms with E-state index in [0.717, 1.165) is 11.3 Å². The number of phenolic OH excluding ortho intramolecular Hbond substituents is 2. The molecule has 2 rings (SSSR count). The molecule has 4 heteroatoms. The maximum absolute atomic E-state index is 9.91. The Morgan fingerprint density at radius 3 is 2.19 bits per heavy atom. The zero-order chi connectivity index (χ0) is 15.4. The van der Waals surface area contributed by atoms with E-state index in [4.69, 9.17) is 4.74 Å². The van der Waals surface area contributed by atoms with Gasteiger partial charge in [0.15, 0.2) is 0 Å². The molecule has 2 atom stereocenters. The number of benzene rings is 2. The van der Waals surface area contributed by atoms with Crippen LogP contribution >= 0.6 is 0 Å². The Morgan fingerprint density at radius 1 is 0.952 bits per heavy atom. The SMILES string of the molecule is COc1cccc(C(C)NC(C)c2c(O)cccc2O)c1. The van der Waals surface area contributed by atoms with Gasteiger partial charge in [-0.05, 0) is 43.7 Å². The molecule has 0 heterocycles. The van der Waals surface area contributed by atoms with E-state index in [1.807, 2.05) is 38.1 Å². The number of ether oxygens (including phenoxy) is 1. The molecule has 3 N–H and O–H groups in total. The normalized spacial score (nSPS) is 13.7. The van der Waals surface area contributed by atoms with Gasteiger partial charge in [0.25, 0.3) is 0 Å². The minimum absolute atomic E-state index is 0.0501. The lowest BCUT2D eigenvalue weighted by Crippen LogP contribution is -2.22. The maximum atomic E-state index is 9.91. The Bertz CT molecular complexity index is 592. The van der Waals surface area contributed by atoms with Crippen molar-refractivity contribution >= 4 is 0 Å². The molecule has 0 aromatic heterocycles. The quantitative estimate of drug-likeness (QED) is 0.787. The first-order valence-electron chi connectivity index (χ1n) is 6.93. The van der Waals surface area contributed by atoms with Gasteiger partial charge in [-0.3, -0.25) is 0 Å². The van der Waals surface area contributed by atoms with Crippen molar-refractivity contribution in [3.8, 4) is 17.2 Å². The summed E-state index contributed by atoms with van der Waals surface area (Å²) < 4.78 is 5.23. The van der Waals surface area contributed by atoms with E-state index in [0.29, 0.717) is 5.56 Å². The van der Waals surface area contributed by atoms with Gasteiger partial charge in [-0.15, -0.1) is 0 Å². The second-order valence-electron chi connectivity index (χ2n) is 5.10. The summed E-state index contributed by atoms with van der Waals surface area (Å²) in [4.78, 5) is 0. The predicted octanol–water partition coefficient (Wildman–Crippen LogP) is 3.52. The molecule has 0 spiro atoms. The van der Waals surface area contributed by atoms with Crippen molar-refractivity contribution in [2.45, 2.75) is 25.9 Å². The summed E-state index contributed by atoms with van der Waals surface area (Å²) in [6.07, 6.45) is 0. The summed E-state index contributed by atoms with van der Waals surface area (Å²) in [5.74, 6) is 0.986. The highest BCUT2D eigenvalue weighted by Gasteiger charge is 2.17. The predicted molar refractivity (Wildman–Crippen MR) is 82.7 cm³/mol. The van der Waals surface area contributed by atoms with E-state index < -0.39 is 0 Å². The van der Waals surface area contributed by atoms with Crippen LogP contribution in [0.1, 0.15) is 37.1 Å². The van der Waals surface area contributed by atoms with Crippen LogP contribution in [0.4, 0.5) is 0 Å². The van der Waals surface area contributed by atoms with E-state index >= 15 is 0 Å². The second-order valence-corrected chi connectivity index (χ2v) is 5.10. The third kappa shape index (κ3) is 3.47. The molecule has 2 aromatic rings. The van der Waals surface area contributed by atoms with E-state index in [1.54, 1.807) is 25.3 Å². The fourth-order valence-corrected chi connectivity index (χ4v) is 2.45. The molecule has 0 aliphatic carbocycles. The summed E-state index contributed by atoms with van der Waals surface area (Å²) in [6, 6.07) is 12.4. The molecule has 0 amide bonds. The highest BCUT2D eigenvalue weighted by atomic mass is 16.5. The molecule has 4 nitrogen and oxygen atoms in total. The van der Waals surface area contributed by atoms with Crippen molar-refractivity contribution < 1.29 is 14.9 Å². The zero-order valence-corrected chi connectivity index (χ0v) is 12.5. The van der Waals surface area contributed by atoms with Crippen molar-refractivity contribution in [1.29, 1.82) is 0 Å². The number of phenols is 2. The third-order valence-electron chi connectivity index (χ3n) is 3.59. The largest absolute Gasteiger partial charge is 0.507 e. The van der Waals surface area contributed by atoms with E-state index in [1.165, 1.54) is 0 Å². The first-order chi connectivity index (χ1) is 10.0. The third-order valence-corrected chi connectivity index (χ3v) is 3.59. The Morgan fingerprint density at radius 2 is 1.57 bits per heavy atom. The minimum Gasteiger partial charge on any atom is -0.507 e. The van der Waals surface area contributed by atoms with E-state index in [2.05, 4.69) is 5.32 Å². The van der Waals surface area contributed by atoms with Gasteiger partial charge in [-0.25, -0.2) is 0 Å². The van der Waals surface area contributed by atoms with Crippen molar-refractivity contribution in [1.82, 2.24) is 5.32 Å². The van der Waals surface area contributed by atoms with Crippen molar-refractivity contribution in [3.05, 3.63) is 53.6 Å². The molecule has 0 saturated carbocycles. The molecule has 2 aromatic carbocycles. The van der Waals surface area contributed by atoms with Gasteiger partial charge in [-0.1, -0.05) is 18.2 Å². The van der Waals surface area contributed by atoms with Crippen LogP contribution in [0.25, 0.3) is 0 Å². The van der Waals surface area contributed by atoms with Crippen LogP contribution in [0.5, 0.6) is 17.2 Å². The zero-order valence-electron chi connectivity index (χ0n) is 12.5. The lowest BCUT2D eigenvalue weighted by Gasteiger charge is -2.22. The topological polar surface area (TPSA) is 61.7 Å². The van der Waals surface area contributed by atoms with Crippen LogP contribution in [0.15, 0.2) is 42.5 Å². The standard InChI is InChI=1S/C17H21NO3/c1-11(13-6-4-7-14(10-13)21-3)18-12(2)17-15(19)8-5-9-16(17)20/h4-12,18-20H,1-3H3. The first-order valence-corrected chi connectivity index (χ1v) is 6.93. The van der Waals surface area contributed by atoms with Crippen LogP contribution in [0, 0.1) is 0 Å². The number of hydrogen-bond acceptors (Lipinski definition) is 4. The Balaban J connectivity index is 2.16. The fraction of sp³-hybridized carbons (Fsp3) is 0.294. The van der Waals surface area contributed by atoms with E-state index in [9.17, 15) is 10.2 Å². The molecular weight excluding hydrogens is 266 g/mol. The Kier molecular flexibility index (Phi) is 4.70. The van der Waals surface area contributed by atoms with Gasteiger partial charge in [-0.2, -0.15) is 0 Å². The molecule has 0 bridgehead atoms. The first kappa shape index (κ1) is 15.2. The number of aromatic hydroxyl groups is 2. The fourth-order valence-electron chi connectivity index (χ4n) is 2.45. The molecular formula is C17H21NO3. The Hall–Kier alpha value is -2.20. The van der Waals surface area contributed by atoms with E-state index in [-0.39, 0.29) is 23.6 Å². The molecule has 112 valence electrons. The lowest BCUT2D eigenvalue weighted by atomic mass is 10.0. The summed E-state index contributed by atoms with van der Waals surface area (Å²) in [5, 5.41) is 23.2. The summed E-state index contributed by atoms with van der Waals surface area (Å²) in [5.41, 5.74) is 1.59. The van der Waals surface area contributed by atoms with Crippen LogP contribution in [0.2, 0.25) is 0 Å². The molecule has 0 aliphatic rings. The number of methoxy groups -OCH3 is 1. The average Bonchev–Trinajstić information content (AvgIpc) is 2.47. The lowest BCUT2D eigenvalue weighted by molar-refractivity contribution is 0.403. The molecule has 0 fully saturated rings. The van der Waals surface area contributed by atoms with Gasteiger partial charge in [0.2, 0.25) is 0 Å². The molecule has 2 unspecified atom stereocenters. The van der Waals surface area contributed by atoms with Crippen LogP contribution in [-0.4, -0.2) is 17.3 Å². The minimum atomic E-state index is -0.188. The van der Waals surface area contributed by atoms with Gasteiger partial charge in [0.1, 0.15) is 17.2 Å². The van der Waals surface area contributed by atoms with Gasteiger partial charge in [0.05, 0.1) is 12.7 Å². The summed E-state index contributed by atoms with van der Waals surface area (Å²) >= 11 is 0. The number of rotatable bonds is 5. The average molecular weight is 287 g/mol. The second kappa shape index (κ2) is 6.50. The van der Waals surface area contributed by atoms with Gasteiger partial charge in [0, 0.05) is 12.1 Å². The summed E-state index contributed by atoms with van der Waals surface area (Å²) in [6.45, 7) is 3.94. The highest BCUT2D eigenvalue weighted by molar-refractivity contribution is 5.45. The molecule has 21 heavy (non-hydrogen) atoms. The Labute approximate surface area is 125 Å². The smallest absolute Gasteiger partial charge is 0.124 e. The van der Waals surface area contributed by atoms with Gasteiger partial charge < -0.3 is 20.3 Å². The summed E-state index contributed by atoms with van der Waals surface area (Å²) in [7, 11) is 1.64. The van der Waals surface area contributed by atoms with Crippen molar-refractivity contribution in [3.63, 3.8) is 0 Å². The highest BCUT2D eigenvalue weighted by Crippen LogP contribution is 2.33. The maximum Gasteiger partial charge on any atom is 0.124 e. The van der Waals surface area contributed by atoms with Crippen LogP contribution < -0.4 is 10.1 Å². The molecule has 0 radical (unpaired) electrons. The number of nitrogens with one attached hydrogen (secondary N) is 1. The monoisotopic (exact) mass is 287 g/mol. The van der Waals surface area contributed by atoms with Crippen molar-refractivity contribution in [2.75, 3.05) is 7.11 Å².